The molecule has 4 heteroatoms. The zero-order valence-electron chi connectivity index (χ0n) is 7.36. The van der Waals surface area contributed by atoms with Crippen LogP contribution in [0.25, 0.3) is 0 Å². The lowest BCUT2D eigenvalue weighted by atomic mass is 10.2. The smallest absolute Gasteiger partial charge is 0.303 e. The van der Waals surface area contributed by atoms with Gasteiger partial charge in [0.15, 0.2) is 0 Å². The van der Waals surface area contributed by atoms with E-state index < -0.39 is 12.1 Å². The van der Waals surface area contributed by atoms with Crippen molar-refractivity contribution in [1.29, 1.82) is 0 Å². The number of aliphatic hydroxyl groups is 1. The molecule has 13 heavy (non-hydrogen) atoms. The van der Waals surface area contributed by atoms with Crippen LogP contribution in [-0.2, 0) is 4.79 Å². The fourth-order valence-corrected chi connectivity index (χ4v) is 1.93. The largest absolute Gasteiger partial charge is 0.481 e. The highest BCUT2D eigenvalue weighted by Gasteiger charge is 2.11. The number of carboxylic acid groups (broad SMARTS) is 1. The Kier molecular flexibility index (Phi) is 3.45. The van der Waals surface area contributed by atoms with Crippen molar-refractivity contribution >= 4 is 17.3 Å². The zero-order valence-corrected chi connectivity index (χ0v) is 8.17. The van der Waals surface area contributed by atoms with Crippen LogP contribution in [0, 0.1) is 6.92 Å². The first-order chi connectivity index (χ1) is 6.09. The van der Waals surface area contributed by atoms with E-state index in [1.165, 1.54) is 11.3 Å². The Morgan fingerprint density at radius 2 is 2.31 bits per heavy atom. The van der Waals surface area contributed by atoms with Gasteiger partial charge in [0.2, 0.25) is 0 Å². The molecule has 0 radical (unpaired) electrons. The first-order valence-electron chi connectivity index (χ1n) is 4.06. The first-order valence-corrected chi connectivity index (χ1v) is 4.87. The number of carboxylic acids is 1. The molecule has 1 atom stereocenters. The van der Waals surface area contributed by atoms with Gasteiger partial charge in [0.05, 0.1) is 6.10 Å². The molecule has 72 valence electrons. The summed E-state index contributed by atoms with van der Waals surface area (Å²) in [5.74, 6) is -0.868. The number of hydrogen-bond acceptors (Lipinski definition) is 3. The summed E-state index contributed by atoms with van der Waals surface area (Å²) in [5, 5.41) is 17.9. The van der Waals surface area contributed by atoms with Crippen molar-refractivity contribution in [2.24, 2.45) is 0 Å². The van der Waals surface area contributed by atoms with Crippen LogP contribution in [0.2, 0.25) is 0 Å². The minimum Gasteiger partial charge on any atom is -0.481 e. The SMILES string of the molecule is Cc1ccc(C(O)CCC(=O)O)s1. The maximum atomic E-state index is 10.2. The van der Waals surface area contributed by atoms with Gasteiger partial charge < -0.3 is 10.2 Å². The molecular formula is C9H12O3S. The molecule has 0 fully saturated rings. The van der Waals surface area contributed by atoms with E-state index in [0.717, 1.165) is 9.75 Å². The molecule has 0 aliphatic heterocycles. The topological polar surface area (TPSA) is 57.5 Å². The van der Waals surface area contributed by atoms with Crippen LogP contribution in [0.1, 0.15) is 28.7 Å². The number of hydrogen-bond donors (Lipinski definition) is 2. The van der Waals surface area contributed by atoms with Gasteiger partial charge in [-0.15, -0.1) is 11.3 Å². The van der Waals surface area contributed by atoms with Gasteiger partial charge >= 0.3 is 5.97 Å². The van der Waals surface area contributed by atoms with Gasteiger partial charge in [0.1, 0.15) is 0 Å². The number of aryl methyl sites for hydroxylation is 1. The van der Waals surface area contributed by atoms with Crippen LogP contribution in [0.4, 0.5) is 0 Å². The lowest BCUT2D eigenvalue weighted by Crippen LogP contribution is -2.00. The maximum Gasteiger partial charge on any atom is 0.303 e. The molecule has 1 aromatic heterocycles. The van der Waals surface area contributed by atoms with E-state index in [-0.39, 0.29) is 12.8 Å². The Morgan fingerprint density at radius 1 is 1.62 bits per heavy atom. The second kappa shape index (κ2) is 4.39. The first kappa shape index (κ1) is 10.2. The minimum absolute atomic E-state index is 0.0120. The summed E-state index contributed by atoms with van der Waals surface area (Å²) in [6.45, 7) is 1.96. The fourth-order valence-electron chi connectivity index (χ4n) is 1.03. The van der Waals surface area contributed by atoms with Crippen LogP contribution >= 0.6 is 11.3 Å². The molecule has 1 heterocycles. The van der Waals surface area contributed by atoms with Gasteiger partial charge in [-0.25, -0.2) is 0 Å². The summed E-state index contributed by atoms with van der Waals surface area (Å²) in [4.78, 5) is 12.2. The predicted molar refractivity (Wildman–Crippen MR) is 50.9 cm³/mol. The van der Waals surface area contributed by atoms with Gasteiger partial charge in [-0.3, -0.25) is 4.79 Å². The van der Waals surface area contributed by atoms with E-state index in [0.29, 0.717) is 0 Å². The third-order valence-corrected chi connectivity index (χ3v) is 2.82. The van der Waals surface area contributed by atoms with Crippen molar-refractivity contribution in [1.82, 2.24) is 0 Å². The molecule has 0 amide bonds. The Morgan fingerprint density at radius 3 is 2.77 bits per heavy atom. The van der Waals surface area contributed by atoms with Gasteiger partial charge in [-0.2, -0.15) is 0 Å². The zero-order chi connectivity index (χ0) is 9.84. The molecule has 0 aromatic carbocycles. The van der Waals surface area contributed by atoms with Crippen LogP contribution in [0.5, 0.6) is 0 Å². The number of rotatable bonds is 4. The van der Waals surface area contributed by atoms with Crippen molar-refractivity contribution in [2.75, 3.05) is 0 Å². The lowest BCUT2D eigenvalue weighted by molar-refractivity contribution is -0.137. The summed E-state index contributed by atoms with van der Waals surface area (Å²) in [6, 6.07) is 3.76. The van der Waals surface area contributed by atoms with Gasteiger partial charge in [0, 0.05) is 16.2 Å². The molecule has 0 aliphatic rings. The molecule has 3 nitrogen and oxygen atoms in total. The van der Waals surface area contributed by atoms with Crippen molar-refractivity contribution in [3.05, 3.63) is 21.9 Å². The molecule has 2 N–H and O–H groups in total. The van der Waals surface area contributed by atoms with E-state index in [9.17, 15) is 9.90 Å². The second-order valence-corrected chi connectivity index (χ2v) is 4.22. The predicted octanol–water partition coefficient (Wildman–Crippen LogP) is 1.95. The number of aliphatic carboxylic acids is 1. The van der Waals surface area contributed by atoms with Gasteiger partial charge in [-0.05, 0) is 25.5 Å². The van der Waals surface area contributed by atoms with E-state index in [1.807, 2.05) is 19.1 Å². The van der Waals surface area contributed by atoms with Crippen LogP contribution in [0.15, 0.2) is 12.1 Å². The van der Waals surface area contributed by atoms with E-state index in [4.69, 9.17) is 5.11 Å². The van der Waals surface area contributed by atoms with Crippen LogP contribution in [0.3, 0.4) is 0 Å². The molecule has 0 spiro atoms. The van der Waals surface area contributed by atoms with Crippen LogP contribution < -0.4 is 0 Å². The molecule has 1 unspecified atom stereocenters. The normalized spacial score (nSPS) is 12.8. The summed E-state index contributed by atoms with van der Waals surface area (Å²) in [6.07, 6.45) is -0.331. The van der Waals surface area contributed by atoms with Crippen molar-refractivity contribution in [3.8, 4) is 0 Å². The van der Waals surface area contributed by atoms with Gasteiger partial charge in [0.25, 0.3) is 0 Å². The highest BCUT2D eigenvalue weighted by atomic mass is 32.1. The third kappa shape index (κ3) is 3.16. The molecule has 1 aromatic rings. The van der Waals surface area contributed by atoms with Gasteiger partial charge in [-0.1, -0.05) is 0 Å². The van der Waals surface area contributed by atoms with Crippen molar-refractivity contribution < 1.29 is 15.0 Å². The summed E-state index contributed by atoms with van der Waals surface area (Å²) in [5.41, 5.74) is 0. The van der Waals surface area contributed by atoms with E-state index >= 15 is 0 Å². The Labute approximate surface area is 80.6 Å². The van der Waals surface area contributed by atoms with Crippen molar-refractivity contribution in [2.45, 2.75) is 25.9 Å². The van der Waals surface area contributed by atoms with Crippen molar-refractivity contribution in [3.63, 3.8) is 0 Å². The monoisotopic (exact) mass is 200 g/mol. The molecule has 0 saturated heterocycles. The quantitative estimate of drug-likeness (QED) is 0.781. The third-order valence-electron chi connectivity index (χ3n) is 1.72. The molecule has 0 bridgehead atoms. The number of thiophene rings is 1. The average molecular weight is 200 g/mol. The van der Waals surface area contributed by atoms with E-state index in [2.05, 4.69) is 0 Å². The Bertz CT molecular complexity index is 293. The summed E-state index contributed by atoms with van der Waals surface area (Å²) < 4.78 is 0. The number of aliphatic hydroxyl groups excluding tert-OH is 1. The highest BCUT2D eigenvalue weighted by molar-refractivity contribution is 7.12. The minimum atomic E-state index is -0.868. The standard InChI is InChI=1S/C9H12O3S/c1-6-2-4-8(13-6)7(10)3-5-9(11)12/h2,4,7,10H,3,5H2,1H3,(H,11,12). The molecular weight excluding hydrogens is 188 g/mol. The average Bonchev–Trinajstić information content (AvgIpc) is 2.47. The lowest BCUT2D eigenvalue weighted by Gasteiger charge is -2.05. The summed E-state index contributed by atoms with van der Waals surface area (Å²) in [7, 11) is 0. The van der Waals surface area contributed by atoms with E-state index in [1.54, 1.807) is 0 Å². The summed E-state index contributed by atoms with van der Waals surface area (Å²) >= 11 is 1.50. The number of carbonyl (C=O) groups is 1. The Balaban J connectivity index is 2.48. The molecule has 0 aliphatic carbocycles. The molecule has 0 saturated carbocycles. The molecule has 1 rings (SSSR count). The fraction of sp³-hybridized carbons (Fsp3) is 0.444. The Hall–Kier alpha value is -0.870. The van der Waals surface area contributed by atoms with Crippen LogP contribution in [-0.4, -0.2) is 16.2 Å². The highest BCUT2D eigenvalue weighted by Crippen LogP contribution is 2.25. The maximum absolute atomic E-state index is 10.2. The second-order valence-electron chi connectivity index (χ2n) is 2.90.